The molecule has 1 atom stereocenters. The maximum atomic E-state index is 13.3. The fourth-order valence-electron chi connectivity index (χ4n) is 4.80. The lowest BCUT2D eigenvalue weighted by molar-refractivity contribution is -0.140. The van der Waals surface area contributed by atoms with Crippen LogP contribution in [-0.4, -0.2) is 59.4 Å². The van der Waals surface area contributed by atoms with Crippen molar-refractivity contribution in [1.82, 2.24) is 9.80 Å². The zero-order valence-electron chi connectivity index (χ0n) is 22.8. The number of unbranched alkanes of at least 4 members (excludes halogenated alkanes) is 2. The molecule has 0 saturated carbocycles. The van der Waals surface area contributed by atoms with Crippen LogP contribution in [0.25, 0.3) is 5.76 Å². The Morgan fingerprint density at radius 1 is 0.892 bits per heavy atom. The van der Waals surface area contributed by atoms with Crippen molar-refractivity contribution in [2.45, 2.75) is 65.8 Å². The van der Waals surface area contributed by atoms with Crippen LogP contribution in [0.15, 0.2) is 54.1 Å². The minimum Gasteiger partial charge on any atom is -0.507 e. The normalized spacial score (nSPS) is 17.1. The first-order valence-corrected chi connectivity index (χ1v) is 13.7. The highest BCUT2D eigenvalue weighted by Crippen LogP contribution is 2.40. The van der Waals surface area contributed by atoms with Crippen molar-refractivity contribution >= 4 is 17.4 Å². The number of hydrogen-bond acceptors (Lipinski definition) is 5. The fraction of sp³-hybridized carbons (Fsp3) is 0.484. The van der Waals surface area contributed by atoms with Crippen LogP contribution >= 0.6 is 0 Å². The molecular weight excluding hydrogens is 464 g/mol. The van der Waals surface area contributed by atoms with Crippen molar-refractivity contribution in [1.29, 1.82) is 0 Å². The number of ether oxygens (including phenoxy) is 1. The second kappa shape index (κ2) is 14.0. The minimum atomic E-state index is -0.642. The van der Waals surface area contributed by atoms with Gasteiger partial charge in [0.05, 0.1) is 18.2 Å². The Labute approximate surface area is 221 Å². The number of Topliss-reactive ketones (excluding diaryl/α,β-unsaturated/α-hetero) is 1. The number of likely N-dealkylation sites (tertiary alicyclic amines) is 1. The number of aliphatic hydroxyl groups is 1. The van der Waals surface area contributed by atoms with Crippen LogP contribution in [0.4, 0.5) is 0 Å². The van der Waals surface area contributed by atoms with Crippen molar-refractivity contribution in [3.63, 3.8) is 0 Å². The Bertz CT molecular complexity index is 1050. The molecule has 200 valence electrons. The van der Waals surface area contributed by atoms with Crippen molar-refractivity contribution in [2.75, 3.05) is 32.8 Å². The summed E-state index contributed by atoms with van der Waals surface area (Å²) in [6.45, 7) is 12.2. The van der Waals surface area contributed by atoms with Gasteiger partial charge in [-0.2, -0.15) is 0 Å². The van der Waals surface area contributed by atoms with E-state index in [4.69, 9.17) is 4.74 Å². The average molecular weight is 507 g/mol. The number of rotatable bonds is 14. The summed E-state index contributed by atoms with van der Waals surface area (Å²) in [7, 11) is 0. The fourth-order valence-corrected chi connectivity index (χ4v) is 4.80. The maximum Gasteiger partial charge on any atom is 0.295 e. The molecule has 0 aliphatic carbocycles. The standard InChI is InChI=1S/C31H42N2O4/c1-5-8-19-32(20-9-6-2)21-10-22-33-28(24-15-17-26(18-16-24)37-7-3)27(30(35)31(33)36)29(34)25-13-11-23(4)12-14-25/h11-18,28,34H,5-10,19-22H2,1-4H3/t28-/m1/s1. The SMILES string of the molecule is CCCCN(CCCC)CCCN1C(=O)C(=O)C(=C(O)c2ccc(C)cc2)[C@H]1c1ccc(OCC)cc1. The smallest absolute Gasteiger partial charge is 0.295 e. The Kier molecular flexibility index (Phi) is 10.8. The Morgan fingerprint density at radius 3 is 2.05 bits per heavy atom. The third kappa shape index (κ3) is 7.22. The molecule has 1 heterocycles. The van der Waals surface area contributed by atoms with Gasteiger partial charge in [0.2, 0.25) is 0 Å². The highest BCUT2D eigenvalue weighted by molar-refractivity contribution is 6.46. The minimum absolute atomic E-state index is 0.132. The van der Waals surface area contributed by atoms with Gasteiger partial charge in [-0.15, -0.1) is 0 Å². The van der Waals surface area contributed by atoms with E-state index in [1.165, 1.54) is 0 Å². The van der Waals surface area contributed by atoms with Gasteiger partial charge in [0, 0.05) is 12.1 Å². The Balaban J connectivity index is 1.92. The van der Waals surface area contributed by atoms with Gasteiger partial charge in [-0.1, -0.05) is 68.7 Å². The zero-order valence-corrected chi connectivity index (χ0v) is 22.8. The predicted octanol–water partition coefficient (Wildman–Crippen LogP) is 6.11. The van der Waals surface area contributed by atoms with Crippen molar-refractivity contribution in [3.8, 4) is 5.75 Å². The quantitative estimate of drug-likeness (QED) is 0.190. The molecule has 2 aromatic rings. The molecule has 1 aliphatic heterocycles. The second-order valence-corrected chi connectivity index (χ2v) is 9.76. The molecule has 1 amide bonds. The number of aryl methyl sites for hydroxylation is 1. The Hall–Kier alpha value is -3.12. The molecule has 1 aliphatic rings. The summed E-state index contributed by atoms with van der Waals surface area (Å²) in [4.78, 5) is 30.7. The lowest BCUT2D eigenvalue weighted by Gasteiger charge is -2.27. The monoisotopic (exact) mass is 506 g/mol. The summed E-state index contributed by atoms with van der Waals surface area (Å²) in [5.41, 5.74) is 2.51. The number of carbonyl (C=O) groups is 2. The summed E-state index contributed by atoms with van der Waals surface area (Å²) in [5.74, 6) is -0.594. The third-order valence-electron chi connectivity index (χ3n) is 6.90. The first-order valence-electron chi connectivity index (χ1n) is 13.7. The van der Waals surface area contributed by atoms with Crippen molar-refractivity contribution in [2.24, 2.45) is 0 Å². The highest BCUT2D eigenvalue weighted by atomic mass is 16.5. The molecule has 0 radical (unpaired) electrons. The number of benzene rings is 2. The number of amides is 1. The van der Waals surface area contributed by atoms with Gasteiger partial charge in [-0.3, -0.25) is 9.59 Å². The van der Waals surface area contributed by atoms with Crippen LogP contribution in [0.1, 0.15) is 75.6 Å². The van der Waals surface area contributed by atoms with Gasteiger partial charge < -0.3 is 19.6 Å². The van der Waals surface area contributed by atoms with Gasteiger partial charge in [-0.25, -0.2) is 0 Å². The molecule has 37 heavy (non-hydrogen) atoms. The van der Waals surface area contributed by atoms with E-state index < -0.39 is 17.7 Å². The highest BCUT2D eigenvalue weighted by Gasteiger charge is 2.45. The summed E-state index contributed by atoms with van der Waals surface area (Å²) in [6.07, 6.45) is 5.36. The van der Waals surface area contributed by atoms with Gasteiger partial charge in [0.1, 0.15) is 11.5 Å². The number of hydrogen-bond donors (Lipinski definition) is 1. The van der Waals surface area contributed by atoms with Crippen LogP contribution in [-0.2, 0) is 9.59 Å². The maximum absolute atomic E-state index is 13.3. The number of nitrogens with zero attached hydrogens (tertiary/aromatic N) is 2. The lowest BCUT2D eigenvalue weighted by Crippen LogP contribution is -2.34. The summed E-state index contributed by atoms with van der Waals surface area (Å²) < 4.78 is 5.59. The second-order valence-electron chi connectivity index (χ2n) is 9.76. The first-order chi connectivity index (χ1) is 17.9. The van der Waals surface area contributed by atoms with Crippen LogP contribution in [0.2, 0.25) is 0 Å². The molecule has 0 spiro atoms. The van der Waals surface area contributed by atoms with Gasteiger partial charge >= 0.3 is 0 Å². The summed E-state index contributed by atoms with van der Waals surface area (Å²) in [5, 5.41) is 11.2. The van der Waals surface area contributed by atoms with E-state index in [1.54, 1.807) is 17.0 Å². The Morgan fingerprint density at radius 2 is 1.49 bits per heavy atom. The van der Waals surface area contributed by atoms with E-state index in [9.17, 15) is 14.7 Å². The van der Waals surface area contributed by atoms with E-state index in [2.05, 4.69) is 18.7 Å². The number of aliphatic hydroxyl groups excluding tert-OH is 1. The summed E-state index contributed by atoms with van der Waals surface area (Å²) in [6, 6.07) is 14.2. The molecule has 1 N–H and O–H groups in total. The molecule has 3 rings (SSSR count). The molecular formula is C31H42N2O4. The molecule has 1 fully saturated rings. The van der Waals surface area contributed by atoms with Crippen molar-refractivity contribution < 1.29 is 19.4 Å². The van der Waals surface area contributed by atoms with Crippen LogP contribution in [0.5, 0.6) is 5.75 Å². The number of carbonyl (C=O) groups excluding carboxylic acids is 2. The van der Waals surface area contributed by atoms with Crippen LogP contribution in [0, 0.1) is 6.92 Å². The first kappa shape index (κ1) is 28.5. The largest absolute Gasteiger partial charge is 0.507 e. The summed E-state index contributed by atoms with van der Waals surface area (Å²) >= 11 is 0. The van der Waals surface area contributed by atoms with Crippen LogP contribution < -0.4 is 4.74 Å². The van der Waals surface area contributed by atoms with E-state index in [1.807, 2.05) is 50.2 Å². The van der Waals surface area contributed by atoms with E-state index in [0.717, 1.165) is 68.6 Å². The van der Waals surface area contributed by atoms with Gasteiger partial charge in [0.15, 0.2) is 0 Å². The molecule has 6 nitrogen and oxygen atoms in total. The zero-order chi connectivity index (χ0) is 26.8. The number of ketones is 1. The molecule has 1 saturated heterocycles. The molecule has 0 unspecified atom stereocenters. The van der Waals surface area contributed by atoms with Gasteiger partial charge in [0.25, 0.3) is 11.7 Å². The topological polar surface area (TPSA) is 70.1 Å². The predicted molar refractivity (Wildman–Crippen MR) is 149 cm³/mol. The van der Waals surface area contributed by atoms with Crippen LogP contribution in [0.3, 0.4) is 0 Å². The molecule has 0 aromatic heterocycles. The van der Waals surface area contributed by atoms with Gasteiger partial charge in [-0.05, 0) is 70.4 Å². The molecule has 6 heteroatoms. The van der Waals surface area contributed by atoms with Crippen molar-refractivity contribution in [3.05, 3.63) is 70.8 Å². The third-order valence-corrected chi connectivity index (χ3v) is 6.90. The van der Waals surface area contributed by atoms with E-state index in [0.29, 0.717) is 18.7 Å². The van der Waals surface area contributed by atoms with E-state index in [-0.39, 0.29) is 11.3 Å². The molecule has 2 aromatic carbocycles. The average Bonchev–Trinajstić information content (AvgIpc) is 3.15. The van der Waals surface area contributed by atoms with E-state index >= 15 is 0 Å². The molecule has 0 bridgehead atoms. The lowest BCUT2D eigenvalue weighted by atomic mass is 9.95.